The van der Waals surface area contributed by atoms with Gasteiger partial charge in [0.1, 0.15) is 5.75 Å². The van der Waals surface area contributed by atoms with E-state index in [1.54, 1.807) is 17.2 Å². The van der Waals surface area contributed by atoms with E-state index in [0.717, 1.165) is 24.3 Å². The van der Waals surface area contributed by atoms with E-state index in [9.17, 15) is 5.11 Å². The number of hydrogen-bond donors (Lipinski definition) is 2. The lowest BCUT2D eigenvalue weighted by Crippen LogP contribution is -2.48. The van der Waals surface area contributed by atoms with E-state index >= 15 is 0 Å². The molecule has 2 aromatic carbocycles. The van der Waals surface area contributed by atoms with Crippen LogP contribution in [0.25, 0.3) is 0 Å². The van der Waals surface area contributed by atoms with Crippen LogP contribution in [-0.2, 0) is 13.0 Å². The van der Waals surface area contributed by atoms with Gasteiger partial charge >= 0.3 is 0 Å². The first-order valence-corrected chi connectivity index (χ1v) is 11.2. The van der Waals surface area contributed by atoms with E-state index in [1.807, 2.05) is 12.1 Å². The van der Waals surface area contributed by atoms with Crippen LogP contribution in [-0.4, -0.2) is 11.1 Å². The van der Waals surface area contributed by atoms with Crippen LogP contribution < -0.4 is 5.32 Å². The first-order chi connectivity index (χ1) is 13.5. The van der Waals surface area contributed by atoms with Crippen LogP contribution in [0.5, 0.6) is 5.75 Å². The summed E-state index contributed by atoms with van der Waals surface area (Å²) in [4.78, 5) is 0. The first kappa shape index (κ1) is 18.2. The van der Waals surface area contributed by atoms with Crippen LogP contribution in [0.3, 0.4) is 0 Å². The van der Waals surface area contributed by atoms with E-state index in [4.69, 9.17) is 0 Å². The number of benzene rings is 2. The van der Waals surface area contributed by atoms with Gasteiger partial charge in [0.05, 0.1) is 0 Å². The second-order valence-corrected chi connectivity index (χ2v) is 9.84. The van der Waals surface area contributed by atoms with Gasteiger partial charge in [-0.2, -0.15) is 0 Å². The predicted molar refractivity (Wildman–Crippen MR) is 115 cm³/mol. The molecule has 28 heavy (non-hydrogen) atoms. The summed E-state index contributed by atoms with van der Waals surface area (Å²) in [6.45, 7) is 5.65. The minimum atomic E-state index is 0.367. The molecule has 0 heterocycles. The molecule has 0 aromatic heterocycles. The van der Waals surface area contributed by atoms with E-state index in [2.05, 4.69) is 43.4 Å². The summed E-state index contributed by atoms with van der Waals surface area (Å²) in [5, 5.41) is 13.6. The zero-order valence-electron chi connectivity index (χ0n) is 17.2. The molecule has 2 N–H and O–H groups in total. The van der Waals surface area contributed by atoms with Gasteiger partial charge in [0.15, 0.2) is 0 Å². The highest BCUT2D eigenvalue weighted by molar-refractivity contribution is 5.38. The maximum atomic E-state index is 9.74. The predicted octanol–water partition coefficient (Wildman–Crippen LogP) is 5.72. The van der Waals surface area contributed by atoms with Crippen molar-refractivity contribution in [1.82, 2.24) is 5.32 Å². The van der Waals surface area contributed by atoms with Crippen LogP contribution >= 0.6 is 0 Å². The molecule has 148 valence electrons. The molecule has 5 atom stereocenters. The third kappa shape index (κ3) is 2.97. The quantitative estimate of drug-likeness (QED) is 0.719. The van der Waals surface area contributed by atoms with Crippen LogP contribution in [0.1, 0.15) is 67.2 Å². The Balaban J connectivity index is 1.33. The van der Waals surface area contributed by atoms with Gasteiger partial charge in [0.25, 0.3) is 0 Å². The number of phenols is 1. The summed E-state index contributed by atoms with van der Waals surface area (Å²) in [5.74, 6) is 2.86. The second kappa shape index (κ2) is 6.91. The molecule has 0 saturated heterocycles. The Morgan fingerprint density at radius 2 is 1.96 bits per heavy atom. The third-order valence-electron chi connectivity index (χ3n) is 8.35. The van der Waals surface area contributed by atoms with Gasteiger partial charge in [0, 0.05) is 12.6 Å². The van der Waals surface area contributed by atoms with Gasteiger partial charge in [-0.15, -0.1) is 0 Å². The summed E-state index contributed by atoms with van der Waals surface area (Å²) in [6.07, 6.45) is 8.00. The van der Waals surface area contributed by atoms with Crippen molar-refractivity contribution < 1.29 is 5.11 Å². The molecule has 3 unspecified atom stereocenters. The van der Waals surface area contributed by atoms with E-state index in [-0.39, 0.29) is 0 Å². The van der Waals surface area contributed by atoms with Crippen LogP contribution in [0.4, 0.5) is 0 Å². The molecule has 3 aliphatic carbocycles. The van der Waals surface area contributed by atoms with Crippen molar-refractivity contribution in [3.05, 3.63) is 64.7 Å². The Morgan fingerprint density at radius 1 is 1.07 bits per heavy atom. The van der Waals surface area contributed by atoms with Crippen LogP contribution in [0.15, 0.2) is 42.5 Å². The fourth-order valence-corrected chi connectivity index (χ4v) is 6.95. The maximum absolute atomic E-state index is 9.74. The molecule has 0 aliphatic heterocycles. The number of aryl methyl sites for hydroxylation is 2. The van der Waals surface area contributed by atoms with Gasteiger partial charge in [-0.3, -0.25) is 0 Å². The van der Waals surface area contributed by atoms with E-state index in [0.29, 0.717) is 17.2 Å². The summed E-state index contributed by atoms with van der Waals surface area (Å²) in [5.41, 5.74) is 6.30. The fraction of sp³-hybridized carbons (Fsp3) is 0.538. The standard InChI is InChI=1S/C26H33NO/c1-17-6-8-21-19(14-17)7-9-23-22(21)12-13-26(2)24(23)10-11-25(26)27-16-18-4-3-5-20(28)15-18/h3-6,8,14-15,22-25,27-28H,7,9-13,16H2,1-2H3/t22?,23?,24?,25-,26+/m1/s1. The molecule has 0 radical (unpaired) electrons. The number of nitrogens with one attached hydrogen (secondary N) is 1. The normalized spacial score (nSPS) is 33.8. The summed E-state index contributed by atoms with van der Waals surface area (Å²) < 4.78 is 0. The molecule has 0 spiro atoms. The highest BCUT2D eigenvalue weighted by atomic mass is 16.3. The van der Waals surface area contributed by atoms with E-state index in [1.165, 1.54) is 49.7 Å². The van der Waals surface area contributed by atoms with Gasteiger partial charge in [0.2, 0.25) is 0 Å². The van der Waals surface area contributed by atoms with Crippen molar-refractivity contribution in [2.75, 3.05) is 0 Å². The van der Waals surface area contributed by atoms with Crippen molar-refractivity contribution in [2.24, 2.45) is 17.3 Å². The molecule has 5 rings (SSSR count). The molecule has 2 saturated carbocycles. The minimum Gasteiger partial charge on any atom is -0.508 e. The lowest BCUT2D eigenvalue weighted by atomic mass is 9.55. The Morgan fingerprint density at radius 3 is 2.82 bits per heavy atom. The van der Waals surface area contributed by atoms with Crippen molar-refractivity contribution in [2.45, 2.75) is 70.9 Å². The van der Waals surface area contributed by atoms with Crippen LogP contribution in [0.2, 0.25) is 0 Å². The molecule has 2 nitrogen and oxygen atoms in total. The third-order valence-corrected chi connectivity index (χ3v) is 8.35. The first-order valence-electron chi connectivity index (χ1n) is 11.2. The molecule has 0 amide bonds. The Hall–Kier alpha value is -1.80. The summed E-state index contributed by atoms with van der Waals surface area (Å²) >= 11 is 0. The second-order valence-electron chi connectivity index (χ2n) is 9.84. The molecule has 2 heteroatoms. The largest absolute Gasteiger partial charge is 0.508 e. The number of aromatic hydroxyl groups is 1. The van der Waals surface area contributed by atoms with Crippen molar-refractivity contribution in [3.63, 3.8) is 0 Å². The smallest absolute Gasteiger partial charge is 0.115 e. The number of hydrogen-bond acceptors (Lipinski definition) is 2. The Labute approximate surface area is 169 Å². The van der Waals surface area contributed by atoms with Crippen molar-refractivity contribution in [3.8, 4) is 5.75 Å². The van der Waals surface area contributed by atoms with Gasteiger partial charge < -0.3 is 10.4 Å². The van der Waals surface area contributed by atoms with Gasteiger partial charge in [-0.05, 0) is 97.4 Å². The summed E-state index contributed by atoms with van der Waals surface area (Å²) in [7, 11) is 0. The summed E-state index contributed by atoms with van der Waals surface area (Å²) in [6, 6.07) is 15.5. The maximum Gasteiger partial charge on any atom is 0.115 e. The average Bonchev–Trinajstić information content (AvgIpc) is 3.02. The van der Waals surface area contributed by atoms with Crippen LogP contribution in [0, 0.1) is 24.2 Å². The lowest BCUT2D eigenvalue weighted by Gasteiger charge is -2.51. The van der Waals surface area contributed by atoms with E-state index < -0.39 is 0 Å². The lowest BCUT2D eigenvalue weighted by molar-refractivity contribution is 0.0408. The van der Waals surface area contributed by atoms with Gasteiger partial charge in [-0.25, -0.2) is 0 Å². The SMILES string of the molecule is Cc1ccc2c(c1)CCC1C2CC[C@@]2(C)C1CC[C@H]2NCc1cccc(O)c1. The molecular formula is C26H33NO. The zero-order valence-corrected chi connectivity index (χ0v) is 17.2. The average molecular weight is 376 g/mol. The topological polar surface area (TPSA) is 32.3 Å². The zero-order chi connectivity index (χ0) is 19.3. The minimum absolute atomic E-state index is 0.367. The molecule has 3 aliphatic rings. The van der Waals surface area contributed by atoms with Crippen molar-refractivity contribution in [1.29, 1.82) is 0 Å². The molecule has 2 aromatic rings. The molecule has 0 bridgehead atoms. The highest BCUT2D eigenvalue weighted by Gasteiger charge is 2.54. The molecular weight excluding hydrogens is 342 g/mol. The Kier molecular flexibility index (Phi) is 4.50. The highest BCUT2D eigenvalue weighted by Crippen LogP contribution is 2.60. The van der Waals surface area contributed by atoms with Gasteiger partial charge in [-0.1, -0.05) is 42.8 Å². The number of rotatable bonds is 3. The number of phenolic OH excluding ortho intramolecular Hbond substituents is 1. The fourth-order valence-electron chi connectivity index (χ4n) is 6.95. The molecule has 2 fully saturated rings. The Bertz CT molecular complexity index is 874. The van der Waals surface area contributed by atoms with Crippen molar-refractivity contribution >= 4 is 0 Å². The monoisotopic (exact) mass is 375 g/mol. The number of fused-ring (bicyclic) bond motifs is 5.